The van der Waals surface area contributed by atoms with E-state index in [2.05, 4.69) is 10.3 Å². The third-order valence-electron chi connectivity index (χ3n) is 8.06. The molecule has 1 aromatic carbocycles. The molecule has 2 fully saturated rings. The number of nitrogens with one attached hydrogen (secondary N) is 1. The summed E-state index contributed by atoms with van der Waals surface area (Å²) < 4.78 is 32.2. The van der Waals surface area contributed by atoms with Crippen LogP contribution >= 0.6 is 0 Å². The van der Waals surface area contributed by atoms with Crippen molar-refractivity contribution < 1.29 is 33.0 Å². The number of halogens is 1. The van der Waals surface area contributed by atoms with Gasteiger partial charge in [-0.05, 0) is 96.4 Å². The fraction of sp³-hybridized carbons (Fsp3) is 0.588. The number of aromatic nitrogens is 1. The quantitative estimate of drug-likeness (QED) is 0.365. The normalized spacial score (nSPS) is 17.2. The second-order valence-electron chi connectivity index (χ2n) is 13.2. The second-order valence-corrected chi connectivity index (χ2v) is 13.2. The summed E-state index contributed by atoms with van der Waals surface area (Å²) in [6, 6.07) is 7.49. The van der Waals surface area contributed by atoms with E-state index in [1.807, 2.05) is 26.8 Å². The van der Waals surface area contributed by atoms with Gasteiger partial charge >= 0.3 is 12.2 Å². The number of alkyl carbamates (subject to hydrolysis) is 1. The number of carbonyl (C=O) groups excluding carboxylic acids is 3. The molecule has 1 aromatic heterocycles. The third kappa shape index (κ3) is 9.80. The Kier molecular flexibility index (Phi) is 11.3. The summed E-state index contributed by atoms with van der Waals surface area (Å²) in [5, 5.41) is 2.67. The van der Waals surface area contributed by atoms with Crippen LogP contribution in [0.2, 0.25) is 0 Å². The average molecular weight is 627 g/mol. The molecular weight excluding hydrogens is 579 g/mol. The van der Waals surface area contributed by atoms with Gasteiger partial charge in [0, 0.05) is 50.4 Å². The van der Waals surface area contributed by atoms with Gasteiger partial charge in [-0.15, -0.1) is 0 Å². The van der Waals surface area contributed by atoms with E-state index < -0.39 is 23.6 Å². The van der Waals surface area contributed by atoms with E-state index in [4.69, 9.17) is 14.2 Å². The van der Waals surface area contributed by atoms with Gasteiger partial charge in [-0.1, -0.05) is 12.1 Å². The highest BCUT2D eigenvalue weighted by atomic mass is 19.1. The van der Waals surface area contributed by atoms with Crippen molar-refractivity contribution >= 4 is 18.1 Å². The molecule has 2 aliphatic rings. The molecular formula is C34H47FN4O6. The van der Waals surface area contributed by atoms with Crippen LogP contribution in [-0.4, -0.2) is 82.9 Å². The molecule has 3 heterocycles. The number of pyridine rings is 1. The van der Waals surface area contributed by atoms with E-state index in [9.17, 15) is 14.4 Å². The topological polar surface area (TPSA) is 110 Å². The number of benzene rings is 1. The van der Waals surface area contributed by atoms with Gasteiger partial charge in [-0.2, -0.15) is 0 Å². The van der Waals surface area contributed by atoms with Crippen LogP contribution in [0, 0.1) is 11.7 Å². The molecule has 2 saturated heterocycles. The summed E-state index contributed by atoms with van der Waals surface area (Å²) in [5.74, 6) is 0.0361. The van der Waals surface area contributed by atoms with E-state index in [1.54, 1.807) is 55.0 Å². The molecule has 0 spiro atoms. The summed E-state index contributed by atoms with van der Waals surface area (Å²) in [4.78, 5) is 45.8. The Hall–Kier alpha value is -3.89. The van der Waals surface area contributed by atoms with E-state index in [1.165, 1.54) is 6.07 Å². The number of amides is 3. The van der Waals surface area contributed by atoms with Crippen LogP contribution in [0.5, 0.6) is 5.88 Å². The maximum Gasteiger partial charge on any atom is 0.410 e. The largest absolute Gasteiger partial charge is 0.474 e. The van der Waals surface area contributed by atoms with Crippen molar-refractivity contribution in [3.05, 3.63) is 47.9 Å². The van der Waals surface area contributed by atoms with Crippen molar-refractivity contribution in [2.45, 2.75) is 97.5 Å². The minimum atomic E-state index is -0.945. The molecule has 246 valence electrons. The lowest BCUT2D eigenvalue weighted by Crippen LogP contribution is -2.50. The molecule has 11 heteroatoms. The second kappa shape index (κ2) is 14.9. The Bertz CT molecular complexity index is 1310. The molecule has 0 radical (unpaired) electrons. The van der Waals surface area contributed by atoms with E-state index in [0.717, 1.165) is 25.7 Å². The standard InChI is InChI=1S/C34H47FN4O6/c1-22(2)43-33(42)39-17-13-24(14-18-39)23(3)44-30-12-11-27(21-36-30)25-9-10-26(28(35)19-25)20-29(31(40)38-15-7-8-16-38)37-32(41)45-34(4,5)6/h9-12,19,21-24,29H,7-8,13-18,20H2,1-6H3,(H,37,41)/t23?,29-/m0/s1. The number of likely N-dealkylation sites (tertiary alicyclic amines) is 2. The predicted molar refractivity (Wildman–Crippen MR) is 168 cm³/mol. The monoisotopic (exact) mass is 626 g/mol. The van der Waals surface area contributed by atoms with Gasteiger partial charge in [0.05, 0.1) is 6.10 Å². The minimum Gasteiger partial charge on any atom is -0.474 e. The molecule has 3 amide bonds. The Morgan fingerprint density at radius 2 is 1.64 bits per heavy atom. The maximum absolute atomic E-state index is 15.4. The molecule has 45 heavy (non-hydrogen) atoms. The number of hydrogen-bond donors (Lipinski definition) is 1. The van der Waals surface area contributed by atoms with Gasteiger partial charge in [-0.3, -0.25) is 4.79 Å². The number of hydrogen-bond acceptors (Lipinski definition) is 7. The Morgan fingerprint density at radius 1 is 0.978 bits per heavy atom. The highest BCUT2D eigenvalue weighted by Gasteiger charge is 2.31. The fourth-order valence-electron chi connectivity index (χ4n) is 5.66. The van der Waals surface area contributed by atoms with E-state index in [-0.39, 0.29) is 36.5 Å². The highest BCUT2D eigenvalue weighted by molar-refractivity contribution is 5.86. The first-order chi connectivity index (χ1) is 21.3. The third-order valence-corrected chi connectivity index (χ3v) is 8.06. The first-order valence-corrected chi connectivity index (χ1v) is 15.9. The van der Waals surface area contributed by atoms with Gasteiger partial charge < -0.3 is 29.3 Å². The smallest absolute Gasteiger partial charge is 0.410 e. The van der Waals surface area contributed by atoms with Crippen molar-refractivity contribution in [1.82, 2.24) is 20.1 Å². The average Bonchev–Trinajstić information content (AvgIpc) is 3.52. The molecule has 0 saturated carbocycles. The number of ether oxygens (including phenoxy) is 3. The van der Waals surface area contributed by atoms with E-state index >= 15 is 4.39 Å². The lowest BCUT2D eigenvalue weighted by Gasteiger charge is -2.34. The van der Waals surface area contributed by atoms with Crippen molar-refractivity contribution in [2.24, 2.45) is 5.92 Å². The zero-order valence-corrected chi connectivity index (χ0v) is 27.3. The summed E-state index contributed by atoms with van der Waals surface area (Å²) in [7, 11) is 0. The van der Waals surface area contributed by atoms with Crippen LogP contribution in [-0.2, 0) is 20.7 Å². The fourth-order valence-corrected chi connectivity index (χ4v) is 5.66. The molecule has 0 aliphatic carbocycles. The van der Waals surface area contributed by atoms with Crippen molar-refractivity contribution in [3.8, 4) is 17.0 Å². The summed E-state index contributed by atoms with van der Waals surface area (Å²) in [5.41, 5.74) is 0.936. The highest BCUT2D eigenvalue weighted by Crippen LogP contribution is 2.27. The number of nitrogens with zero attached hydrogens (tertiary/aromatic N) is 3. The van der Waals surface area contributed by atoms with Crippen LogP contribution in [0.15, 0.2) is 36.5 Å². The first kappa shape index (κ1) is 34.0. The molecule has 4 rings (SSSR count). The van der Waals surface area contributed by atoms with Crippen LogP contribution in [0.25, 0.3) is 11.1 Å². The molecule has 1 unspecified atom stereocenters. The minimum absolute atomic E-state index is 0.00143. The molecule has 2 atom stereocenters. The van der Waals surface area contributed by atoms with Crippen molar-refractivity contribution in [1.29, 1.82) is 0 Å². The Balaban J connectivity index is 1.36. The molecule has 2 aromatic rings. The van der Waals surface area contributed by atoms with Gasteiger partial charge in [0.25, 0.3) is 0 Å². The SMILES string of the molecule is CC(C)OC(=O)N1CCC(C(C)Oc2ccc(-c3ccc(C[C@H](NC(=O)OC(C)(C)C)C(=O)N4CCCC4)c(F)c3)cn2)CC1. The summed E-state index contributed by atoms with van der Waals surface area (Å²) in [6.07, 6.45) is 3.87. The van der Waals surface area contributed by atoms with Gasteiger partial charge in [0.2, 0.25) is 11.8 Å². The van der Waals surface area contributed by atoms with Crippen LogP contribution in [0.1, 0.15) is 72.8 Å². The molecule has 1 N–H and O–H groups in total. The van der Waals surface area contributed by atoms with Crippen LogP contribution < -0.4 is 10.1 Å². The van der Waals surface area contributed by atoms with Crippen molar-refractivity contribution in [3.63, 3.8) is 0 Å². The van der Waals surface area contributed by atoms with Gasteiger partial charge in [-0.25, -0.2) is 19.0 Å². The molecule has 10 nitrogen and oxygen atoms in total. The number of rotatable bonds is 9. The van der Waals surface area contributed by atoms with Crippen LogP contribution in [0.4, 0.5) is 14.0 Å². The van der Waals surface area contributed by atoms with E-state index in [0.29, 0.717) is 48.7 Å². The molecule has 0 bridgehead atoms. The maximum atomic E-state index is 15.4. The lowest BCUT2D eigenvalue weighted by molar-refractivity contribution is -0.132. The zero-order chi connectivity index (χ0) is 32.7. The van der Waals surface area contributed by atoms with Crippen molar-refractivity contribution in [2.75, 3.05) is 26.2 Å². The molecule has 2 aliphatic heterocycles. The number of piperidine rings is 1. The summed E-state index contributed by atoms with van der Waals surface area (Å²) >= 11 is 0. The predicted octanol–water partition coefficient (Wildman–Crippen LogP) is 5.97. The lowest BCUT2D eigenvalue weighted by atomic mass is 9.92. The Morgan fingerprint density at radius 3 is 2.22 bits per heavy atom. The Labute approximate surface area is 265 Å². The van der Waals surface area contributed by atoms with Crippen LogP contribution in [0.3, 0.4) is 0 Å². The first-order valence-electron chi connectivity index (χ1n) is 15.9. The number of carbonyl (C=O) groups is 3. The zero-order valence-electron chi connectivity index (χ0n) is 27.3. The summed E-state index contributed by atoms with van der Waals surface area (Å²) in [6.45, 7) is 13.4. The van der Waals surface area contributed by atoms with Gasteiger partial charge in [0.1, 0.15) is 23.6 Å². The van der Waals surface area contributed by atoms with Gasteiger partial charge in [0.15, 0.2) is 0 Å².